The van der Waals surface area contributed by atoms with Crippen LogP contribution in [0.15, 0.2) is 58.3 Å². The number of hydrogen-bond acceptors (Lipinski definition) is 7. The zero-order chi connectivity index (χ0) is 23.1. The fraction of sp³-hybridized carbons (Fsp3) is 0.308. The molecule has 0 unspecified atom stereocenters. The standard InChI is InChI=1S/C26H26N2O5/c1-14-23-24(16-7-10-21(31-3)22(13-16)32-4)25-19(27-26(23)33-28-14)11-17(12-20(25)29)15-5-8-18(30-2)9-6-15/h5-10,13,17,24,27H,11-12H2,1-4H3/t17-,24+/m0/s1. The minimum atomic E-state index is -0.286. The molecule has 0 spiro atoms. The number of hydrogen-bond donors (Lipinski definition) is 1. The molecule has 5 rings (SSSR count). The van der Waals surface area contributed by atoms with E-state index in [1.54, 1.807) is 21.3 Å². The third kappa shape index (κ3) is 3.53. The van der Waals surface area contributed by atoms with Crippen LogP contribution in [0.3, 0.4) is 0 Å². The Labute approximate surface area is 192 Å². The Bertz CT molecular complexity index is 1240. The van der Waals surface area contributed by atoms with Crippen molar-refractivity contribution in [1.29, 1.82) is 0 Å². The van der Waals surface area contributed by atoms with Gasteiger partial charge in [0.05, 0.1) is 32.6 Å². The largest absolute Gasteiger partial charge is 0.497 e. The smallest absolute Gasteiger partial charge is 0.233 e. The van der Waals surface area contributed by atoms with Crippen LogP contribution < -0.4 is 19.5 Å². The lowest BCUT2D eigenvalue weighted by Gasteiger charge is -2.34. The number of benzene rings is 2. The van der Waals surface area contributed by atoms with Crippen LogP contribution in [-0.2, 0) is 4.79 Å². The first-order valence-corrected chi connectivity index (χ1v) is 10.9. The van der Waals surface area contributed by atoms with E-state index in [2.05, 4.69) is 10.5 Å². The average Bonchev–Trinajstić information content (AvgIpc) is 3.22. The fourth-order valence-electron chi connectivity index (χ4n) is 4.95. The molecule has 2 heterocycles. The molecule has 0 saturated carbocycles. The average molecular weight is 447 g/mol. The summed E-state index contributed by atoms with van der Waals surface area (Å²) >= 11 is 0. The molecule has 170 valence electrons. The van der Waals surface area contributed by atoms with E-state index in [9.17, 15) is 4.79 Å². The van der Waals surface area contributed by atoms with Crippen molar-refractivity contribution in [2.45, 2.75) is 31.6 Å². The molecule has 33 heavy (non-hydrogen) atoms. The maximum atomic E-state index is 13.6. The molecule has 0 bridgehead atoms. The Hall–Kier alpha value is -3.74. The van der Waals surface area contributed by atoms with Crippen molar-refractivity contribution in [2.75, 3.05) is 26.6 Å². The van der Waals surface area contributed by atoms with Gasteiger partial charge < -0.3 is 24.1 Å². The molecule has 0 radical (unpaired) electrons. The number of methoxy groups -OCH3 is 3. The van der Waals surface area contributed by atoms with Crippen LogP contribution in [0.2, 0.25) is 0 Å². The van der Waals surface area contributed by atoms with E-state index in [0.29, 0.717) is 30.2 Å². The van der Waals surface area contributed by atoms with Gasteiger partial charge in [-0.05, 0) is 54.7 Å². The fourth-order valence-corrected chi connectivity index (χ4v) is 4.95. The number of allylic oxidation sites excluding steroid dienone is 2. The number of nitrogens with one attached hydrogen (secondary N) is 1. The van der Waals surface area contributed by atoms with Gasteiger partial charge in [0.25, 0.3) is 0 Å². The maximum absolute atomic E-state index is 13.6. The van der Waals surface area contributed by atoms with Crippen LogP contribution in [0.25, 0.3) is 0 Å². The molecule has 7 heteroatoms. The summed E-state index contributed by atoms with van der Waals surface area (Å²) in [7, 11) is 4.86. The highest BCUT2D eigenvalue weighted by molar-refractivity contribution is 6.01. The van der Waals surface area contributed by atoms with Crippen LogP contribution in [0.4, 0.5) is 5.88 Å². The third-order valence-electron chi connectivity index (χ3n) is 6.59. The number of carbonyl (C=O) groups excluding carboxylic acids is 1. The van der Waals surface area contributed by atoms with E-state index in [4.69, 9.17) is 18.7 Å². The molecule has 0 saturated heterocycles. The predicted octanol–water partition coefficient (Wildman–Crippen LogP) is 4.97. The number of rotatable bonds is 5. The second kappa shape index (κ2) is 8.31. The van der Waals surface area contributed by atoms with Crippen molar-refractivity contribution < 1.29 is 23.5 Å². The minimum Gasteiger partial charge on any atom is -0.497 e. The predicted molar refractivity (Wildman–Crippen MR) is 123 cm³/mol. The number of aromatic nitrogens is 1. The highest BCUT2D eigenvalue weighted by Gasteiger charge is 2.41. The Morgan fingerprint density at radius 3 is 2.36 bits per heavy atom. The zero-order valence-corrected chi connectivity index (χ0v) is 19.1. The Kier molecular flexibility index (Phi) is 5.32. The van der Waals surface area contributed by atoms with E-state index in [1.807, 2.05) is 49.4 Å². The van der Waals surface area contributed by atoms with Crippen LogP contribution in [-0.4, -0.2) is 32.3 Å². The summed E-state index contributed by atoms with van der Waals surface area (Å²) in [6.07, 6.45) is 1.15. The van der Waals surface area contributed by atoms with E-state index < -0.39 is 0 Å². The zero-order valence-electron chi connectivity index (χ0n) is 19.1. The van der Waals surface area contributed by atoms with Crippen LogP contribution in [0, 0.1) is 6.92 Å². The molecule has 3 aromatic rings. The number of nitrogens with zero attached hydrogens (tertiary/aromatic N) is 1. The van der Waals surface area contributed by atoms with Crippen molar-refractivity contribution in [2.24, 2.45) is 0 Å². The van der Waals surface area contributed by atoms with Crippen molar-refractivity contribution in [3.8, 4) is 17.2 Å². The van der Waals surface area contributed by atoms with E-state index in [-0.39, 0.29) is 17.6 Å². The van der Waals surface area contributed by atoms with Crippen molar-refractivity contribution >= 4 is 11.7 Å². The van der Waals surface area contributed by atoms with Crippen LogP contribution >= 0.6 is 0 Å². The molecule has 2 aromatic carbocycles. The number of Topliss-reactive ketones (excluding diaryl/α,β-unsaturated/α-hetero) is 1. The Morgan fingerprint density at radius 2 is 1.67 bits per heavy atom. The van der Waals surface area contributed by atoms with Crippen LogP contribution in [0.5, 0.6) is 17.2 Å². The summed E-state index contributed by atoms with van der Waals surface area (Å²) in [5.41, 5.74) is 5.34. The van der Waals surface area contributed by atoms with E-state index >= 15 is 0 Å². The number of anilines is 1. The number of fused-ring (bicyclic) bond motifs is 1. The molecule has 1 N–H and O–H groups in total. The highest BCUT2D eigenvalue weighted by atomic mass is 16.5. The quantitative estimate of drug-likeness (QED) is 0.593. The lowest BCUT2D eigenvalue weighted by molar-refractivity contribution is -0.116. The summed E-state index contributed by atoms with van der Waals surface area (Å²) in [5, 5.41) is 7.56. The first kappa shape index (κ1) is 21.1. The van der Waals surface area contributed by atoms with Gasteiger partial charge in [-0.3, -0.25) is 4.79 Å². The summed E-state index contributed by atoms with van der Waals surface area (Å²) in [6.45, 7) is 1.90. The van der Waals surface area contributed by atoms with Gasteiger partial charge in [-0.2, -0.15) is 0 Å². The SMILES string of the molecule is COc1ccc([C@@H]2CC(=O)C3=C(C2)Nc2onc(C)c2[C@H]3c2ccc(OC)c(OC)c2)cc1. The topological polar surface area (TPSA) is 82.8 Å². The van der Waals surface area contributed by atoms with Crippen molar-refractivity contribution in [1.82, 2.24) is 5.16 Å². The van der Waals surface area contributed by atoms with E-state index in [1.165, 1.54) is 0 Å². The minimum absolute atomic E-state index is 0.0753. The number of ether oxygens (including phenoxy) is 3. The first-order chi connectivity index (χ1) is 16.0. The highest BCUT2D eigenvalue weighted by Crippen LogP contribution is 2.50. The van der Waals surface area contributed by atoms with Gasteiger partial charge in [-0.1, -0.05) is 23.4 Å². The summed E-state index contributed by atoms with van der Waals surface area (Å²) in [6, 6.07) is 13.7. The van der Waals surface area contributed by atoms with Gasteiger partial charge in [-0.15, -0.1) is 0 Å². The van der Waals surface area contributed by atoms with Gasteiger partial charge in [-0.25, -0.2) is 0 Å². The second-order valence-electron chi connectivity index (χ2n) is 8.38. The maximum Gasteiger partial charge on any atom is 0.233 e. The molecular weight excluding hydrogens is 420 g/mol. The normalized spacial score (nSPS) is 19.5. The van der Waals surface area contributed by atoms with Gasteiger partial charge in [0, 0.05) is 23.6 Å². The molecule has 2 aliphatic rings. The molecule has 1 aliphatic heterocycles. The molecule has 0 fully saturated rings. The lowest BCUT2D eigenvalue weighted by atomic mass is 9.72. The lowest BCUT2D eigenvalue weighted by Crippen LogP contribution is -2.29. The Morgan fingerprint density at radius 1 is 0.939 bits per heavy atom. The van der Waals surface area contributed by atoms with Crippen molar-refractivity contribution in [3.63, 3.8) is 0 Å². The monoisotopic (exact) mass is 446 g/mol. The van der Waals surface area contributed by atoms with Crippen molar-refractivity contribution in [3.05, 3.63) is 76.1 Å². The van der Waals surface area contributed by atoms with Crippen LogP contribution in [0.1, 0.15) is 47.1 Å². The molecular formula is C26H26N2O5. The molecule has 7 nitrogen and oxygen atoms in total. The molecule has 2 atom stereocenters. The summed E-state index contributed by atoms with van der Waals surface area (Å²) < 4.78 is 21.8. The van der Waals surface area contributed by atoms with Gasteiger partial charge in [0.2, 0.25) is 5.88 Å². The number of ketones is 1. The molecule has 1 aliphatic carbocycles. The summed E-state index contributed by atoms with van der Waals surface area (Å²) in [5.74, 6) is 2.56. The van der Waals surface area contributed by atoms with Gasteiger partial charge >= 0.3 is 0 Å². The molecule has 1 aromatic heterocycles. The van der Waals surface area contributed by atoms with E-state index in [0.717, 1.165) is 39.4 Å². The van der Waals surface area contributed by atoms with Gasteiger partial charge in [0.1, 0.15) is 5.75 Å². The molecule has 0 amide bonds. The third-order valence-corrected chi connectivity index (χ3v) is 6.59. The second-order valence-corrected chi connectivity index (χ2v) is 8.38. The summed E-state index contributed by atoms with van der Waals surface area (Å²) in [4.78, 5) is 13.6. The Balaban J connectivity index is 1.59. The first-order valence-electron chi connectivity index (χ1n) is 10.9. The number of carbonyl (C=O) groups is 1. The number of aryl methyl sites for hydroxylation is 1. The van der Waals surface area contributed by atoms with Gasteiger partial charge in [0.15, 0.2) is 17.3 Å².